The van der Waals surface area contributed by atoms with Crippen LogP contribution in [0.25, 0.3) is 0 Å². The van der Waals surface area contributed by atoms with Gasteiger partial charge in [-0.2, -0.15) is 0 Å². The maximum Gasteiger partial charge on any atom is 0.0829 e. The Bertz CT molecular complexity index is 231. The zero-order chi connectivity index (χ0) is 12.8. The van der Waals surface area contributed by atoms with Crippen molar-refractivity contribution >= 4 is 0 Å². The van der Waals surface area contributed by atoms with E-state index in [9.17, 15) is 0 Å². The van der Waals surface area contributed by atoms with Crippen LogP contribution < -0.4 is 5.32 Å². The first-order chi connectivity index (χ1) is 8.78. The largest absolute Gasteiger partial charge is 0.374 e. The van der Waals surface area contributed by atoms with E-state index in [1.54, 1.807) is 0 Å². The summed E-state index contributed by atoms with van der Waals surface area (Å²) >= 11 is 0. The van der Waals surface area contributed by atoms with Gasteiger partial charge in [-0.3, -0.25) is 0 Å². The lowest BCUT2D eigenvalue weighted by molar-refractivity contribution is -0.0370. The second kappa shape index (κ2) is 7.43. The van der Waals surface area contributed by atoms with Crippen LogP contribution >= 0.6 is 0 Å². The minimum atomic E-state index is 0.408. The van der Waals surface area contributed by atoms with Gasteiger partial charge in [-0.05, 0) is 45.4 Å². The smallest absolute Gasteiger partial charge is 0.0829 e. The van der Waals surface area contributed by atoms with Gasteiger partial charge in [0.25, 0.3) is 0 Å². The van der Waals surface area contributed by atoms with E-state index in [0.29, 0.717) is 6.10 Å². The van der Waals surface area contributed by atoms with Gasteiger partial charge < -0.3 is 19.9 Å². The number of nitrogens with one attached hydrogen (secondary N) is 1. The average molecular weight is 255 g/mol. The molecule has 0 amide bonds. The molecular weight excluding hydrogens is 226 g/mol. The minimum Gasteiger partial charge on any atom is -0.374 e. The van der Waals surface area contributed by atoms with E-state index in [-0.39, 0.29) is 0 Å². The molecule has 0 spiro atoms. The Balaban J connectivity index is 1.73. The lowest BCUT2D eigenvalue weighted by Gasteiger charge is -2.35. The molecule has 0 aromatic rings. The van der Waals surface area contributed by atoms with Crippen LogP contribution in [0.2, 0.25) is 0 Å². The molecular formula is C14H29N3O. The number of morpholine rings is 1. The molecule has 0 radical (unpaired) electrons. The van der Waals surface area contributed by atoms with Gasteiger partial charge in [0.05, 0.1) is 12.7 Å². The molecule has 0 bridgehead atoms. The predicted molar refractivity (Wildman–Crippen MR) is 74.9 cm³/mol. The van der Waals surface area contributed by atoms with Crippen molar-refractivity contribution in [2.45, 2.75) is 25.9 Å². The molecule has 2 saturated heterocycles. The summed E-state index contributed by atoms with van der Waals surface area (Å²) in [4.78, 5) is 4.96. The van der Waals surface area contributed by atoms with Crippen LogP contribution in [0.5, 0.6) is 0 Å². The maximum absolute atomic E-state index is 5.87. The van der Waals surface area contributed by atoms with Gasteiger partial charge >= 0.3 is 0 Å². The summed E-state index contributed by atoms with van der Waals surface area (Å²) in [6.45, 7) is 11.2. The highest BCUT2D eigenvalue weighted by Gasteiger charge is 2.22. The maximum atomic E-state index is 5.87. The van der Waals surface area contributed by atoms with Crippen LogP contribution in [0, 0.1) is 5.92 Å². The molecule has 1 N–H and O–H groups in total. The molecule has 2 aliphatic heterocycles. The first-order valence-electron chi connectivity index (χ1n) is 7.51. The van der Waals surface area contributed by atoms with Gasteiger partial charge in [-0.25, -0.2) is 0 Å². The van der Waals surface area contributed by atoms with Crippen molar-refractivity contribution in [3.8, 4) is 0 Å². The fraction of sp³-hybridized carbons (Fsp3) is 1.00. The van der Waals surface area contributed by atoms with Crippen molar-refractivity contribution < 1.29 is 4.74 Å². The number of nitrogens with zero attached hydrogens (tertiary/aromatic N) is 2. The van der Waals surface area contributed by atoms with E-state index in [0.717, 1.165) is 38.7 Å². The molecule has 2 heterocycles. The number of piperidine rings is 1. The minimum absolute atomic E-state index is 0.408. The van der Waals surface area contributed by atoms with Crippen molar-refractivity contribution in [1.29, 1.82) is 0 Å². The quantitative estimate of drug-likeness (QED) is 0.780. The molecule has 4 nitrogen and oxygen atoms in total. The lowest BCUT2D eigenvalue weighted by atomic mass is 9.97. The van der Waals surface area contributed by atoms with Crippen LogP contribution in [0.3, 0.4) is 0 Å². The van der Waals surface area contributed by atoms with Gasteiger partial charge in [-0.15, -0.1) is 0 Å². The summed E-state index contributed by atoms with van der Waals surface area (Å²) < 4.78 is 5.87. The van der Waals surface area contributed by atoms with Crippen LogP contribution in [0.4, 0.5) is 0 Å². The summed E-state index contributed by atoms with van der Waals surface area (Å²) in [5, 5.41) is 3.44. The SMILES string of the molecule is CCN(CC1CCNCC1)CC1CN(C)CCO1. The summed E-state index contributed by atoms with van der Waals surface area (Å²) in [6.07, 6.45) is 3.08. The highest BCUT2D eigenvalue weighted by Crippen LogP contribution is 2.14. The zero-order valence-electron chi connectivity index (χ0n) is 12.0. The Morgan fingerprint density at radius 1 is 1.28 bits per heavy atom. The Morgan fingerprint density at radius 3 is 2.72 bits per heavy atom. The van der Waals surface area contributed by atoms with Crippen molar-refractivity contribution in [3.63, 3.8) is 0 Å². The number of hydrogen-bond donors (Lipinski definition) is 1. The molecule has 0 aliphatic carbocycles. The molecule has 4 heteroatoms. The van der Waals surface area contributed by atoms with Crippen LogP contribution in [0.1, 0.15) is 19.8 Å². The normalized spacial score (nSPS) is 27.8. The summed E-state index contributed by atoms with van der Waals surface area (Å²) in [5.41, 5.74) is 0. The summed E-state index contributed by atoms with van der Waals surface area (Å²) in [5.74, 6) is 0.882. The molecule has 0 aromatic carbocycles. The molecule has 18 heavy (non-hydrogen) atoms. The van der Waals surface area contributed by atoms with Gasteiger partial charge in [0.1, 0.15) is 0 Å². The predicted octanol–water partition coefficient (Wildman–Crippen LogP) is 0.639. The van der Waals surface area contributed by atoms with Crippen LogP contribution in [0.15, 0.2) is 0 Å². The number of likely N-dealkylation sites (N-methyl/N-ethyl adjacent to an activating group) is 2. The van der Waals surface area contributed by atoms with Crippen molar-refractivity contribution in [1.82, 2.24) is 15.1 Å². The standard InChI is InChI=1S/C14H29N3O/c1-3-17(10-13-4-6-15-7-5-13)12-14-11-16(2)8-9-18-14/h13-15H,3-12H2,1-2H3. The number of rotatable bonds is 5. The van der Waals surface area contributed by atoms with E-state index >= 15 is 0 Å². The van der Waals surface area contributed by atoms with E-state index in [1.807, 2.05) is 0 Å². The zero-order valence-corrected chi connectivity index (χ0v) is 12.0. The van der Waals surface area contributed by atoms with Crippen molar-refractivity contribution in [2.75, 3.05) is 59.5 Å². The summed E-state index contributed by atoms with van der Waals surface area (Å²) in [6, 6.07) is 0. The third kappa shape index (κ3) is 4.50. The third-order valence-electron chi connectivity index (χ3n) is 4.23. The number of hydrogen-bond acceptors (Lipinski definition) is 4. The molecule has 106 valence electrons. The van der Waals surface area contributed by atoms with Gasteiger partial charge in [0.2, 0.25) is 0 Å². The first kappa shape index (κ1) is 14.3. The van der Waals surface area contributed by atoms with Gasteiger partial charge in [0, 0.05) is 26.2 Å². The van der Waals surface area contributed by atoms with E-state index in [1.165, 1.54) is 32.5 Å². The van der Waals surface area contributed by atoms with Gasteiger partial charge in [0.15, 0.2) is 0 Å². The van der Waals surface area contributed by atoms with Crippen molar-refractivity contribution in [2.24, 2.45) is 5.92 Å². The third-order valence-corrected chi connectivity index (χ3v) is 4.23. The van der Waals surface area contributed by atoms with Crippen LogP contribution in [-0.4, -0.2) is 75.4 Å². The summed E-state index contributed by atoms with van der Waals surface area (Å²) in [7, 11) is 2.19. The molecule has 1 atom stereocenters. The van der Waals surface area contributed by atoms with E-state index in [2.05, 4.69) is 29.1 Å². The second-order valence-corrected chi connectivity index (χ2v) is 5.80. The Kier molecular flexibility index (Phi) is 5.89. The topological polar surface area (TPSA) is 27.7 Å². The lowest BCUT2D eigenvalue weighted by Crippen LogP contribution is -2.47. The Morgan fingerprint density at radius 2 is 2.06 bits per heavy atom. The highest BCUT2D eigenvalue weighted by atomic mass is 16.5. The van der Waals surface area contributed by atoms with Crippen molar-refractivity contribution in [3.05, 3.63) is 0 Å². The fourth-order valence-corrected chi connectivity index (χ4v) is 3.03. The fourth-order valence-electron chi connectivity index (χ4n) is 3.03. The second-order valence-electron chi connectivity index (χ2n) is 5.80. The molecule has 1 unspecified atom stereocenters. The molecule has 2 fully saturated rings. The molecule has 2 rings (SSSR count). The van der Waals surface area contributed by atoms with Crippen LogP contribution in [-0.2, 0) is 4.74 Å². The Hall–Kier alpha value is -0.160. The molecule has 0 aromatic heterocycles. The molecule has 0 saturated carbocycles. The Labute approximate surface area is 112 Å². The number of ether oxygens (including phenoxy) is 1. The van der Waals surface area contributed by atoms with E-state index < -0.39 is 0 Å². The molecule has 2 aliphatic rings. The highest BCUT2D eigenvalue weighted by molar-refractivity contribution is 4.76. The first-order valence-corrected chi connectivity index (χ1v) is 7.51. The van der Waals surface area contributed by atoms with E-state index in [4.69, 9.17) is 4.74 Å². The monoisotopic (exact) mass is 255 g/mol. The average Bonchev–Trinajstić information content (AvgIpc) is 2.39. The van der Waals surface area contributed by atoms with Gasteiger partial charge in [-0.1, -0.05) is 6.92 Å².